The van der Waals surface area contributed by atoms with Crippen LogP contribution in [0.15, 0.2) is 24.3 Å². The standard InChI is InChI=1S/C50H95NO5/c1-4-7-10-13-16-19-21-23-24-25-26-28-31-34-37-40-43-50(55)56-46(41-38-35-32-30-27-22-20-17-14-11-8-5-2)44-49(54)51-47(45-52)48(53)42-39-36-33-29-18-15-12-9-6-3/h24-25,30,32,46-48,52-53H,4-23,26-29,31,33-45H2,1-3H3,(H,51,54)/b25-24+,32-30-. The van der Waals surface area contributed by atoms with Gasteiger partial charge in [-0.25, -0.2) is 0 Å². The molecule has 0 aliphatic rings. The third kappa shape index (κ3) is 39.2. The first-order valence-electron chi connectivity index (χ1n) is 24.6. The lowest BCUT2D eigenvalue weighted by atomic mass is 10.0. The molecule has 0 spiro atoms. The van der Waals surface area contributed by atoms with Gasteiger partial charge in [0.2, 0.25) is 5.91 Å². The quantitative estimate of drug-likeness (QED) is 0.0324. The zero-order chi connectivity index (χ0) is 41.0. The van der Waals surface area contributed by atoms with Crippen LogP contribution in [0.3, 0.4) is 0 Å². The Bertz CT molecular complexity index is 889. The molecule has 1 amide bonds. The second kappa shape index (κ2) is 44.4. The molecule has 3 unspecified atom stereocenters. The van der Waals surface area contributed by atoms with Gasteiger partial charge in [-0.3, -0.25) is 9.59 Å². The van der Waals surface area contributed by atoms with Crippen molar-refractivity contribution in [2.24, 2.45) is 0 Å². The summed E-state index contributed by atoms with van der Waals surface area (Å²) in [4.78, 5) is 26.0. The maximum Gasteiger partial charge on any atom is 0.306 e. The maximum absolute atomic E-state index is 13.1. The Morgan fingerprint density at radius 2 is 0.875 bits per heavy atom. The summed E-state index contributed by atoms with van der Waals surface area (Å²) in [5.74, 6) is -0.506. The van der Waals surface area contributed by atoms with Crippen LogP contribution in [0.5, 0.6) is 0 Å². The first-order chi connectivity index (χ1) is 27.5. The summed E-state index contributed by atoms with van der Waals surface area (Å²) in [6, 6.07) is -0.705. The molecule has 0 fully saturated rings. The molecule has 0 bridgehead atoms. The summed E-state index contributed by atoms with van der Waals surface area (Å²) in [6.45, 7) is 6.45. The molecule has 56 heavy (non-hydrogen) atoms. The zero-order valence-corrected chi connectivity index (χ0v) is 37.5. The largest absolute Gasteiger partial charge is 0.462 e. The number of carbonyl (C=O) groups is 2. The number of aliphatic hydroxyl groups is 2. The van der Waals surface area contributed by atoms with Crippen LogP contribution < -0.4 is 5.32 Å². The summed E-state index contributed by atoms with van der Waals surface area (Å²) >= 11 is 0. The minimum atomic E-state index is -0.790. The normalized spacial score (nSPS) is 13.4. The number of ether oxygens (including phenoxy) is 1. The monoisotopic (exact) mass is 790 g/mol. The van der Waals surface area contributed by atoms with Gasteiger partial charge in [0.25, 0.3) is 0 Å². The van der Waals surface area contributed by atoms with Gasteiger partial charge in [-0.2, -0.15) is 0 Å². The first-order valence-corrected chi connectivity index (χ1v) is 24.6. The fraction of sp³-hybridized carbons (Fsp3) is 0.880. The molecule has 0 aliphatic heterocycles. The fourth-order valence-electron chi connectivity index (χ4n) is 7.48. The number of hydrogen-bond acceptors (Lipinski definition) is 5. The lowest BCUT2D eigenvalue weighted by molar-refractivity contribution is -0.151. The second-order valence-corrected chi connectivity index (χ2v) is 16.9. The van der Waals surface area contributed by atoms with E-state index >= 15 is 0 Å². The van der Waals surface area contributed by atoms with Crippen LogP contribution in [0.25, 0.3) is 0 Å². The Kier molecular flexibility index (Phi) is 43.1. The molecule has 6 nitrogen and oxygen atoms in total. The van der Waals surface area contributed by atoms with E-state index in [0.29, 0.717) is 19.3 Å². The molecule has 0 saturated heterocycles. The molecule has 0 rings (SSSR count). The molecule has 0 aliphatic carbocycles. The number of unbranched alkanes of at least 4 members (excludes halogenated alkanes) is 28. The molecule has 0 saturated carbocycles. The van der Waals surface area contributed by atoms with Crippen molar-refractivity contribution in [3.8, 4) is 0 Å². The van der Waals surface area contributed by atoms with E-state index in [4.69, 9.17) is 4.74 Å². The van der Waals surface area contributed by atoms with Crippen molar-refractivity contribution in [2.45, 2.75) is 277 Å². The highest BCUT2D eigenvalue weighted by molar-refractivity contribution is 5.77. The van der Waals surface area contributed by atoms with Crippen LogP contribution in [-0.2, 0) is 14.3 Å². The number of hydrogen-bond donors (Lipinski definition) is 3. The molecule has 3 N–H and O–H groups in total. The van der Waals surface area contributed by atoms with Crippen molar-refractivity contribution < 1.29 is 24.5 Å². The molecule has 0 aromatic rings. The van der Waals surface area contributed by atoms with Crippen LogP contribution >= 0.6 is 0 Å². The average molecular weight is 790 g/mol. The first kappa shape index (κ1) is 54.3. The van der Waals surface area contributed by atoms with E-state index in [9.17, 15) is 19.8 Å². The van der Waals surface area contributed by atoms with Crippen molar-refractivity contribution >= 4 is 11.9 Å². The molecular weight excluding hydrogens is 695 g/mol. The third-order valence-corrected chi connectivity index (χ3v) is 11.3. The molecule has 0 radical (unpaired) electrons. The van der Waals surface area contributed by atoms with Crippen LogP contribution in [0.2, 0.25) is 0 Å². The van der Waals surface area contributed by atoms with Gasteiger partial charge in [0.1, 0.15) is 6.10 Å². The van der Waals surface area contributed by atoms with E-state index in [-0.39, 0.29) is 24.9 Å². The lowest BCUT2D eigenvalue weighted by Crippen LogP contribution is -2.46. The van der Waals surface area contributed by atoms with E-state index < -0.39 is 18.2 Å². The van der Waals surface area contributed by atoms with Crippen LogP contribution in [0.1, 0.15) is 258 Å². The van der Waals surface area contributed by atoms with Crippen LogP contribution in [0, 0.1) is 0 Å². The fourth-order valence-corrected chi connectivity index (χ4v) is 7.48. The van der Waals surface area contributed by atoms with Crippen molar-refractivity contribution in [2.75, 3.05) is 6.61 Å². The van der Waals surface area contributed by atoms with Crippen molar-refractivity contribution in [1.82, 2.24) is 5.32 Å². The molecular formula is C50H95NO5. The molecule has 0 heterocycles. The van der Waals surface area contributed by atoms with Crippen LogP contribution in [-0.4, -0.2) is 46.9 Å². The van der Waals surface area contributed by atoms with Gasteiger partial charge in [0.05, 0.1) is 25.2 Å². The highest BCUT2D eigenvalue weighted by atomic mass is 16.5. The van der Waals surface area contributed by atoms with Gasteiger partial charge < -0.3 is 20.3 Å². The summed E-state index contributed by atoms with van der Waals surface area (Å²) < 4.78 is 5.90. The topological polar surface area (TPSA) is 95.9 Å². The Balaban J connectivity index is 4.58. The SMILES string of the molecule is CCCCCCCCC/C=C\CCCC(CC(=O)NC(CO)C(O)CCCCCCCCCCC)OC(=O)CCCCCCC/C=C/CCCCCCCCC. The lowest BCUT2D eigenvalue weighted by Gasteiger charge is -2.24. The number of nitrogens with one attached hydrogen (secondary N) is 1. The number of allylic oxidation sites excluding steroid dienone is 4. The zero-order valence-electron chi connectivity index (χ0n) is 37.5. The molecule has 0 aromatic carbocycles. The van der Waals surface area contributed by atoms with Crippen LogP contribution in [0.4, 0.5) is 0 Å². The third-order valence-electron chi connectivity index (χ3n) is 11.3. The smallest absolute Gasteiger partial charge is 0.306 e. The predicted octanol–water partition coefficient (Wildman–Crippen LogP) is 14.3. The van der Waals surface area contributed by atoms with Crippen molar-refractivity contribution in [3.63, 3.8) is 0 Å². The van der Waals surface area contributed by atoms with Crippen molar-refractivity contribution in [1.29, 1.82) is 0 Å². The highest BCUT2D eigenvalue weighted by Crippen LogP contribution is 2.17. The maximum atomic E-state index is 13.1. The van der Waals surface area contributed by atoms with E-state index in [1.165, 1.54) is 148 Å². The number of rotatable bonds is 44. The Hall–Kier alpha value is -1.66. The Morgan fingerprint density at radius 1 is 0.500 bits per heavy atom. The highest BCUT2D eigenvalue weighted by Gasteiger charge is 2.24. The van der Waals surface area contributed by atoms with Gasteiger partial charge in [0, 0.05) is 6.42 Å². The Morgan fingerprint density at radius 3 is 1.30 bits per heavy atom. The van der Waals surface area contributed by atoms with E-state index in [1.807, 2.05) is 0 Å². The molecule has 3 atom stereocenters. The molecule has 6 heteroatoms. The summed E-state index contributed by atoms with van der Waals surface area (Å²) in [6.07, 6.45) is 49.6. The number of esters is 1. The van der Waals surface area contributed by atoms with Gasteiger partial charge in [-0.1, -0.05) is 199 Å². The molecule has 330 valence electrons. The van der Waals surface area contributed by atoms with Gasteiger partial charge in [-0.05, 0) is 70.6 Å². The minimum absolute atomic E-state index is 0.0568. The number of amides is 1. The van der Waals surface area contributed by atoms with Gasteiger partial charge in [-0.15, -0.1) is 0 Å². The van der Waals surface area contributed by atoms with Gasteiger partial charge >= 0.3 is 5.97 Å². The average Bonchev–Trinajstić information content (AvgIpc) is 3.19. The molecule has 0 aromatic heterocycles. The predicted molar refractivity (Wildman–Crippen MR) is 241 cm³/mol. The Labute approximate surface area is 348 Å². The van der Waals surface area contributed by atoms with E-state index in [0.717, 1.165) is 64.2 Å². The minimum Gasteiger partial charge on any atom is -0.462 e. The number of carbonyl (C=O) groups excluding carboxylic acids is 2. The van der Waals surface area contributed by atoms with Gasteiger partial charge in [0.15, 0.2) is 0 Å². The van der Waals surface area contributed by atoms with Crippen molar-refractivity contribution in [3.05, 3.63) is 24.3 Å². The summed E-state index contributed by atoms with van der Waals surface area (Å²) in [5, 5.41) is 23.6. The van der Waals surface area contributed by atoms with E-state index in [2.05, 4.69) is 50.4 Å². The summed E-state index contributed by atoms with van der Waals surface area (Å²) in [7, 11) is 0. The number of aliphatic hydroxyl groups excluding tert-OH is 2. The van der Waals surface area contributed by atoms with E-state index in [1.54, 1.807) is 0 Å². The second-order valence-electron chi connectivity index (χ2n) is 16.9. The summed E-state index contributed by atoms with van der Waals surface area (Å²) in [5.41, 5.74) is 0.